The van der Waals surface area contributed by atoms with Gasteiger partial charge in [-0.05, 0) is 37.6 Å². The molecule has 0 fully saturated rings. The molecule has 114 valence electrons. The molecule has 0 saturated heterocycles. The van der Waals surface area contributed by atoms with Gasteiger partial charge >= 0.3 is 5.97 Å². The molecule has 5 nitrogen and oxygen atoms in total. The highest BCUT2D eigenvalue weighted by atomic mass is 19.1. The van der Waals surface area contributed by atoms with Gasteiger partial charge in [0.15, 0.2) is 0 Å². The lowest BCUT2D eigenvalue weighted by Gasteiger charge is -2.26. The maximum absolute atomic E-state index is 14.0. The summed E-state index contributed by atoms with van der Waals surface area (Å²) in [5.41, 5.74) is 0.245. The van der Waals surface area contributed by atoms with Crippen LogP contribution in [0, 0.1) is 5.82 Å². The Labute approximate surface area is 122 Å². The van der Waals surface area contributed by atoms with Crippen LogP contribution in [-0.4, -0.2) is 46.2 Å². The third-order valence-electron chi connectivity index (χ3n) is 2.87. The third kappa shape index (κ3) is 4.68. The van der Waals surface area contributed by atoms with Crippen molar-refractivity contribution in [1.29, 1.82) is 0 Å². The highest BCUT2D eigenvalue weighted by Crippen LogP contribution is 2.15. The monoisotopic (exact) mass is 295 g/mol. The molecule has 21 heavy (non-hydrogen) atoms. The minimum Gasteiger partial charge on any atom is -0.478 e. The van der Waals surface area contributed by atoms with Crippen LogP contribution in [0.2, 0.25) is 0 Å². The van der Waals surface area contributed by atoms with Gasteiger partial charge in [0.05, 0.1) is 12.2 Å². The number of carboxylic acid groups (broad SMARTS) is 1. The van der Waals surface area contributed by atoms with E-state index in [1.807, 2.05) is 0 Å². The van der Waals surface area contributed by atoms with E-state index in [1.54, 1.807) is 13.8 Å². The second-order valence-corrected chi connectivity index (χ2v) is 4.73. The predicted octanol–water partition coefficient (Wildman–Crippen LogP) is 1.77. The molecule has 1 aromatic carbocycles. The quantitative estimate of drug-likeness (QED) is 0.784. The summed E-state index contributed by atoms with van der Waals surface area (Å²) in [6.07, 6.45) is 2.13. The molecular formula is C15H18FNO4. The number of aliphatic carboxylic acids is 1. The Balaban J connectivity index is 3.03. The van der Waals surface area contributed by atoms with Crippen LogP contribution in [0.3, 0.4) is 0 Å². The van der Waals surface area contributed by atoms with Crippen LogP contribution < -0.4 is 0 Å². The molecule has 1 amide bonds. The molecule has 0 unspecified atom stereocenters. The first-order valence-electron chi connectivity index (χ1n) is 6.49. The summed E-state index contributed by atoms with van der Waals surface area (Å²) in [6.45, 7) is 3.46. The topological polar surface area (TPSA) is 77.8 Å². The van der Waals surface area contributed by atoms with E-state index in [-0.39, 0.29) is 24.8 Å². The first kappa shape index (κ1) is 16.8. The van der Waals surface area contributed by atoms with Crippen LogP contribution in [0.15, 0.2) is 24.3 Å². The van der Waals surface area contributed by atoms with Gasteiger partial charge in [-0.2, -0.15) is 0 Å². The van der Waals surface area contributed by atoms with E-state index in [0.717, 1.165) is 12.1 Å². The second-order valence-electron chi connectivity index (χ2n) is 4.73. The van der Waals surface area contributed by atoms with Crippen LogP contribution >= 0.6 is 0 Å². The van der Waals surface area contributed by atoms with E-state index in [9.17, 15) is 14.0 Å². The van der Waals surface area contributed by atoms with Crippen molar-refractivity contribution in [3.8, 4) is 0 Å². The zero-order chi connectivity index (χ0) is 16.0. The van der Waals surface area contributed by atoms with Crippen molar-refractivity contribution >= 4 is 18.0 Å². The van der Waals surface area contributed by atoms with Crippen LogP contribution in [0.4, 0.5) is 4.39 Å². The molecule has 0 radical (unpaired) electrons. The van der Waals surface area contributed by atoms with E-state index in [1.165, 1.54) is 23.1 Å². The minimum atomic E-state index is -1.13. The Bertz CT molecular complexity index is 555. The molecule has 0 aliphatic heterocycles. The van der Waals surface area contributed by atoms with Crippen molar-refractivity contribution in [1.82, 2.24) is 4.90 Å². The number of hydrogen-bond acceptors (Lipinski definition) is 3. The largest absolute Gasteiger partial charge is 0.478 e. The summed E-state index contributed by atoms with van der Waals surface area (Å²) < 4.78 is 14.0. The van der Waals surface area contributed by atoms with Gasteiger partial charge in [0.2, 0.25) is 0 Å². The predicted molar refractivity (Wildman–Crippen MR) is 76.3 cm³/mol. The molecule has 0 bridgehead atoms. The zero-order valence-electron chi connectivity index (χ0n) is 11.9. The molecule has 1 rings (SSSR count). The van der Waals surface area contributed by atoms with Gasteiger partial charge in [-0.3, -0.25) is 4.79 Å². The number of benzene rings is 1. The van der Waals surface area contributed by atoms with Crippen molar-refractivity contribution in [2.75, 3.05) is 13.2 Å². The van der Waals surface area contributed by atoms with E-state index >= 15 is 0 Å². The molecule has 1 aromatic rings. The number of halogens is 1. The zero-order valence-corrected chi connectivity index (χ0v) is 11.9. The molecule has 0 heterocycles. The summed E-state index contributed by atoms with van der Waals surface area (Å²) in [5.74, 6) is -2.37. The van der Waals surface area contributed by atoms with E-state index < -0.39 is 17.7 Å². The number of nitrogens with zero attached hydrogens (tertiary/aromatic N) is 1. The summed E-state index contributed by atoms with van der Waals surface area (Å²) in [7, 11) is 0. The van der Waals surface area contributed by atoms with Crippen LogP contribution in [0.1, 0.15) is 29.8 Å². The fourth-order valence-electron chi connectivity index (χ4n) is 1.83. The highest BCUT2D eigenvalue weighted by molar-refractivity contribution is 5.95. The fourth-order valence-corrected chi connectivity index (χ4v) is 1.83. The maximum Gasteiger partial charge on any atom is 0.328 e. The number of rotatable bonds is 6. The summed E-state index contributed by atoms with van der Waals surface area (Å²) in [6, 6.07) is 3.71. The number of carbonyl (C=O) groups is 2. The standard InChI is InChI=1S/C15H18FNO4/c1-10(2)17(7-8-18)15(21)12-5-3-11(9-13(12)16)4-6-14(19)20/h3-6,9-10,18H,7-8H2,1-2H3,(H,19,20). The molecule has 0 aliphatic rings. The number of aliphatic hydroxyl groups is 1. The Hall–Kier alpha value is -2.21. The van der Waals surface area contributed by atoms with Gasteiger partial charge < -0.3 is 15.1 Å². The van der Waals surface area contributed by atoms with Crippen molar-refractivity contribution < 1.29 is 24.2 Å². The van der Waals surface area contributed by atoms with Crippen LogP contribution in [0.5, 0.6) is 0 Å². The summed E-state index contributed by atoms with van der Waals surface area (Å²) in [4.78, 5) is 24.0. The van der Waals surface area contributed by atoms with Crippen LogP contribution in [-0.2, 0) is 4.79 Å². The average molecular weight is 295 g/mol. The smallest absolute Gasteiger partial charge is 0.328 e. The molecule has 0 saturated carbocycles. The SMILES string of the molecule is CC(C)N(CCO)C(=O)c1ccc(C=CC(=O)O)cc1F. The van der Waals surface area contributed by atoms with Crippen molar-refractivity contribution in [2.45, 2.75) is 19.9 Å². The molecular weight excluding hydrogens is 277 g/mol. The Kier molecular flexibility index (Phi) is 6.05. The van der Waals surface area contributed by atoms with E-state index in [2.05, 4.69) is 0 Å². The molecule has 0 atom stereocenters. The summed E-state index contributed by atoms with van der Waals surface area (Å²) >= 11 is 0. The minimum absolute atomic E-state index is 0.107. The number of amides is 1. The first-order valence-corrected chi connectivity index (χ1v) is 6.49. The molecule has 2 N–H and O–H groups in total. The lowest BCUT2D eigenvalue weighted by Crippen LogP contribution is -2.39. The third-order valence-corrected chi connectivity index (χ3v) is 2.87. The molecule has 0 aliphatic carbocycles. The molecule has 6 heteroatoms. The number of carboxylic acids is 1. The van der Waals surface area contributed by atoms with Gasteiger partial charge in [0.1, 0.15) is 5.82 Å². The Morgan fingerprint density at radius 1 is 1.38 bits per heavy atom. The highest BCUT2D eigenvalue weighted by Gasteiger charge is 2.21. The Morgan fingerprint density at radius 3 is 2.52 bits per heavy atom. The lowest BCUT2D eigenvalue weighted by atomic mass is 10.1. The second kappa shape index (κ2) is 7.54. The Morgan fingerprint density at radius 2 is 2.05 bits per heavy atom. The van der Waals surface area contributed by atoms with Crippen molar-refractivity contribution in [2.24, 2.45) is 0 Å². The number of hydrogen-bond donors (Lipinski definition) is 2. The number of aliphatic hydroxyl groups excluding tert-OH is 1. The first-order chi connectivity index (χ1) is 9.86. The van der Waals surface area contributed by atoms with Gasteiger partial charge in [-0.15, -0.1) is 0 Å². The van der Waals surface area contributed by atoms with Gasteiger partial charge in [-0.25, -0.2) is 9.18 Å². The van der Waals surface area contributed by atoms with Gasteiger partial charge in [0.25, 0.3) is 5.91 Å². The fraction of sp³-hybridized carbons (Fsp3) is 0.333. The number of carbonyl (C=O) groups excluding carboxylic acids is 1. The van der Waals surface area contributed by atoms with Gasteiger partial charge in [-0.1, -0.05) is 6.07 Å². The van der Waals surface area contributed by atoms with E-state index in [0.29, 0.717) is 5.56 Å². The molecule has 0 spiro atoms. The normalized spacial score (nSPS) is 11.1. The van der Waals surface area contributed by atoms with E-state index in [4.69, 9.17) is 10.2 Å². The molecule has 0 aromatic heterocycles. The van der Waals surface area contributed by atoms with Gasteiger partial charge in [0, 0.05) is 18.7 Å². The lowest BCUT2D eigenvalue weighted by molar-refractivity contribution is -0.131. The maximum atomic E-state index is 14.0. The average Bonchev–Trinajstić information content (AvgIpc) is 2.41. The van der Waals surface area contributed by atoms with Crippen molar-refractivity contribution in [3.05, 3.63) is 41.2 Å². The summed E-state index contributed by atoms with van der Waals surface area (Å²) in [5, 5.41) is 17.5. The van der Waals surface area contributed by atoms with Crippen molar-refractivity contribution in [3.63, 3.8) is 0 Å². The van der Waals surface area contributed by atoms with Crippen LogP contribution in [0.25, 0.3) is 6.08 Å².